The average Bonchev–Trinajstić information content (AvgIpc) is 2.92. The molecule has 1 heterocycles. The maximum absolute atomic E-state index is 3.76. The molecule has 3 heteroatoms. The zero-order valence-corrected chi connectivity index (χ0v) is 13.8. The Labute approximate surface area is 128 Å². The topological polar surface area (TPSA) is 12.0 Å². The summed E-state index contributed by atoms with van der Waals surface area (Å²) in [5.41, 5.74) is 1.32. The number of hydrogen-bond acceptors (Lipinski definition) is 2. The molecule has 102 valence electrons. The van der Waals surface area contributed by atoms with E-state index in [1.807, 2.05) is 11.3 Å². The van der Waals surface area contributed by atoms with Gasteiger partial charge in [-0.1, -0.05) is 53.5 Å². The number of hydrogen-bond donors (Lipinski definition) is 1. The van der Waals surface area contributed by atoms with Crippen LogP contribution in [0.25, 0.3) is 0 Å². The largest absolute Gasteiger partial charge is 0.303 e. The third-order valence-electron chi connectivity index (χ3n) is 3.29. The first-order valence-electron chi connectivity index (χ1n) is 6.76. The molecule has 0 aliphatic rings. The molecule has 0 saturated heterocycles. The Balaban J connectivity index is 2.11. The maximum atomic E-state index is 3.76. The predicted octanol–water partition coefficient (Wildman–Crippen LogP) is 5.70. The number of halogens is 1. The van der Waals surface area contributed by atoms with Crippen LogP contribution in [0.4, 0.5) is 0 Å². The Kier molecular flexibility index (Phi) is 5.61. The third-order valence-corrected chi connectivity index (χ3v) is 5.00. The van der Waals surface area contributed by atoms with E-state index in [1.165, 1.54) is 27.8 Å². The van der Waals surface area contributed by atoms with Crippen molar-refractivity contribution in [3.05, 3.63) is 56.7 Å². The Morgan fingerprint density at radius 3 is 2.63 bits per heavy atom. The molecule has 2 atom stereocenters. The lowest BCUT2D eigenvalue weighted by atomic mass is 10.0. The van der Waals surface area contributed by atoms with Crippen molar-refractivity contribution in [1.29, 1.82) is 0 Å². The lowest BCUT2D eigenvalue weighted by Crippen LogP contribution is -2.24. The van der Waals surface area contributed by atoms with Gasteiger partial charge in [-0.15, -0.1) is 11.3 Å². The second-order valence-corrected chi connectivity index (χ2v) is 6.60. The van der Waals surface area contributed by atoms with Crippen LogP contribution in [0.1, 0.15) is 49.2 Å². The summed E-state index contributed by atoms with van der Waals surface area (Å²) in [5, 5.41) is 5.91. The first-order chi connectivity index (χ1) is 9.22. The first-order valence-corrected chi connectivity index (χ1v) is 8.43. The van der Waals surface area contributed by atoms with E-state index in [1.54, 1.807) is 0 Å². The van der Waals surface area contributed by atoms with Gasteiger partial charge in [0, 0.05) is 21.4 Å². The standard InChI is InChI=1S/C16H20BrNS/c1-3-7-15(16-10-6-11-19-16)18-12(2)13-8-4-5-9-14(13)17/h4-6,8-12,15,18H,3,7H2,1-2H3. The SMILES string of the molecule is CCCC(NC(C)c1ccccc1Br)c1cccs1. The molecular weight excluding hydrogens is 318 g/mol. The Bertz CT molecular complexity index is 495. The van der Waals surface area contributed by atoms with Crippen LogP contribution in [0.2, 0.25) is 0 Å². The van der Waals surface area contributed by atoms with Gasteiger partial charge in [-0.05, 0) is 36.4 Å². The molecule has 1 nitrogen and oxygen atoms in total. The van der Waals surface area contributed by atoms with Crippen molar-refractivity contribution < 1.29 is 0 Å². The summed E-state index contributed by atoms with van der Waals surface area (Å²) in [6, 6.07) is 13.6. The van der Waals surface area contributed by atoms with Crippen molar-refractivity contribution >= 4 is 27.3 Å². The minimum Gasteiger partial charge on any atom is -0.303 e. The van der Waals surface area contributed by atoms with Gasteiger partial charge in [-0.25, -0.2) is 0 Å². The third kappa shape index (κ3) is 3.91. The summed E-state index contributed by atoms with van der Waals surface area (Å²) in [4.78, 5) is 1.43. The minimum atomic E-state index is 0.342. The molecule has 0 aliphatic heterocycles. The molecule has 19 heavy (non-hydrogen) atoms. The van der Waals surface area contributed by atoms with Crippen LogP contribution in [0.5, 0.6) is 0 Å². The fraction of sp³-hybridized carbons (Fsp3) is 0.375. The van der Waals surface area contributed by atoms with Gasteiger partial charge in [0.15, 0.2) is 0 Å². The first kappa shape index (κ1) is 14.8. The highest BCUT2D eigenvalue weighted by Gasteiger charge is 2.16. The molecule has 0 fully saturated rings. The highest BCUT2D eigenvalue weighted by atomic mass is 79.9. The van der Waals surface area contributed by atoms with Crippen molar-refractivity contribution in [2.24, 2.45) is 0 Å². The van der Waals surface area contributed by atoms with Crippen LogP contribution < -0.4 is 5.32 Å². The van der Waals surface area contributed by atoms with E-state index in [0.29, 0.717) is 12.1 Å². The quantitative estimate of drug-likeness (QED) is 0.712. The molecule has 0 spiro atoms. The predicted molar refractivity (Wildman–Crippen MR) is 87.7 cm³/mol. The lowest BCUT2D eigenvalue weighted by molar-refractivity contribution is 0.444. The zero-order valence-electron chi connectivity index (χ0n) is 11.4. The fourth-order valence-corrected chi connectivity index (χ4v) is 3.75. The molecule has 2 rings (SSSR count). The number of thiophene rings is 1. The normalized spacial score (nSPS) is 14.3. The van der Waals surface area contributed by atoms with Gasteiger partial charge in [0.05, 0.1) is 0 Å². The molecule has 2 unspecified atom stereocenters. The molecule has 1 N–H and O–H groups in total. The second kappa shape index (κ2) is 7.22. The van der Waals surface area contributed by atoms with E-state index < -0.39 is 0 Å². The second-order valence-electron chi connectivity index (χ2n) is 4.77. The molecular formula is C16H20BrNS. The summed E-state index contributed by atoms with van der Waals surface area (Å²) in [7, 11) is 0. The molecule has 0 saturated carbocycles. The summed E-state index contributed by atoms with van der Waals surface area (Å²) < 4.78 is 1.18. The molecule has 2 aromatic rings. The van der Waals surface area contributed by atoms with Crippen LogP contribution >= 0.6 is 27.3 Å². The van der Waals surface area contributed by atoms with Crippen LogP contribution in [0, 0.1) is 0 Å². The van der Waals surface area contributed by atoms with Crippen molar-refractivity contribution in [2.45, 2.75) is 38.8 Å². The Morgan fingerprint density at radius 2 is 2.00 bits per heavy atom. The molecule has 1 aromatic heterocycles. The van der Waals surface area contributed by atoms with E-state index in [-0.39, 0.29) is 0 Å². The Morgan fingerprint density at radius 1 is 1.21 bits per heavy atom. The molecule has 0 bridgehead atoms. The molecule has 0 amide bonds. The maximum Gasteiger partial charge on any atom is 0.0419 e. The van der Waals surface area contributed by atoms with E-state index in [2.05, 4.69) is 76.9 Å². The monoisotopic (exact) mass is 337 g/mol. The van der Waals surface area contributed by atoms with Gasteiger partial charge >= 0.3 is 0 Å². The molecule has 0 radical (unpaired) electrons. The lowest BCUT2D eigenvalue weighted by Gasteiger charge is -2.23. The van der Waals surface area contributed by atoms with Crippen molar-refractivity contribution in [3.8, 4) is 0 Å². The van der Waals surface area contributed by atoms with Crippen molar-refractivity contribution in [3.63, 3.8) is 0 Å². The number of rotatable bonds is 6. The van der Waals surface area contributed by atoms with Gasteiger partial charge < -0.3 is 5.32 Å². The summed E-state index contributed by atoms with van der Waals surface area (Å²) in [6.45, 7) is 4.47. The fourth-order valence-electron chi connectivity index (χ4n) is 2.30. The van der Waals surface area contributed by atoms with Crippen LogP contribution in [0.3, 0.4) is 0 Å². The van der Waals surface area contributed by atoms with Crippen LogP contribution in [-0.4, -0.2) is 0 Å². The highest BCUT2D eigenvalue weighted by Crippen LogP contribution is 2.29. The smallest absolute Gasteiger partial charge is 0.0419 e. The molecule has 1 aromatic carbocycles. The van der Waals surface area contributed by atoms with E-state index >= 15 is 0 Å². The van der Waals surface area contributed by atoms with Crippen molar-refractivity contribution in [1.82, 2.24) is 5.32 Å². The van der Waals surface area contributed by atoms with Gasteiger partial charge in [-0.3, -0.25) is 0 Å². The number of benzene rings is 1. The summed E-state index contributed by atoms with van der Waals surface area (Å²) in [6.07, 6.45) is 2.37. The van der Waals surface area contributed by atoms with Gasteiger partial charge in [-0.2, -0.15) is 0 Å². The Hall–Kier alpha value is -0.640. The van der Waals surface area contributed by atoms with Crippen molar-refractivity contribution in [2.75, 3.05) is 0 Å². The molecule has 0 aliphatic carbocycles. The zero-order chi connectivity index (χ0) is 13.7. The van der Waals surface area contributed by atoms with E-state index in [4.69, 9.17) is 0 Å². The van der Waals surface area contributed by atoms with Crippen LogP contribution in [0.15, 0.2) is 46.3 Å². The van der Waals surface area contributed by atoms with Gasteiger partial charge in [0.1, 0.15) is 0 Å². The summed E-state index contributed by atoms with van der Waals surface area (Å²) >= 11 is 5.48. The van der Waals surface area contributed by atoms with Crippen LogP contribution in [-0.2, 0) is 0 Å². The minimum absolute atomic E-state index is 0.342. The van der Waals surface area contributed by atoms with E-state index in [9.17, 15) is 0 Å². The van der Waals surface area contributed by atoms with Gasteiger partial charge in [0.2, 0.25) is 0 Å². The number of nitrogens with one attached hydrogen (secondary N) is 1. The summed E-state index contributed by atoms with van der Waals surface area (Å²) in [5.74, 6) is 0. The van der Waals surface area contributed by atoms with Gasteiger partial charge in [0.25, 0.3) is 0 Å². The average molecular weight is 338 g/mol. The van der Waals surface area contributed by atoms with E-state index in [0.717, 1.165) is 0 Å². The highest BCUT2D eigenvalue weighted by molar-refractivity contribution is 9.10.